The largest absolute Gasteiger partial charge is 0.336 e. The van der Waals surface area contributed by atoms with Crippen molar-refractivity contribution in [3.05, 3.63) is 101 Å². The molecule has 0 N–H and O–H groups in total. The zero-order chi connectivity index (χ0) is 25.7. The standard InChI is InChI=1S/C28H32ClN3O3S/c1-3-32(4-2)36(34,35)24-15-16-26(29)25(21-24)28(33)31-19-17-30(18-20-31)27(22-11-7-5-8-12-22)23-13-9-6-10-14-23/h5-16,21,27H,3-4,17-20H2,1-2H3. The van der Waals surface area contributed by atoms with Crippen molar-refractivity contribution in [2.45, 2.75) is 24.8 Å². The van der Waals surface area contributed by atoms with Crippen LogP contribution in [0.4, 0.5) is 0 Å². The lowest BCUT2D eigenvalue weighted by Crippen LogP contribution is -2.50. The smallest absolute Gasteiger partial charge is 0.255 e. The van der Waals surface area contributed by atoms with Crippen LogP contribution >= 0.6 is 11.6 Å². The van der Waals surface area contributed by atoms with Crippen LogP contribution < -0.4 is 0 Å². The maximum absolute atomic E-state index is 13.4. The normalized spacial score (nSPS) is 15.0. The number of amides is 1. The number of benzene rings is 3. The monoisotopic (exact) mass is 525 g/mol. The van der Waals surface area contributed by atoms with Crippen LogP contribution in [0.15, 0.2) is 83.8 Å². The highest BCUT2D eigenvalue weighted by Crippen LogP contribution is 2.30. The van der Waals surface area contributed by atoms with Crippen LogP contribution in [0.1, 0.15) is 41.4 Å². The molecule has 1 aliphatic heterocycles. The lowest BCUT2D eigenvalue weighted by atomic mass is 9.96. The molecule has 0 aliphatic carbocycles. The Bertz CT molecular complexity index is 1230. The van der Waals surface area contributed by atoms with Crippen molar-refractivity contribution in [1.29, 1.82) is 0 Å². The number of sulfonamides is 1. The van der Waals surface area contributed by atoms with E-state index in [4.69, 9.17) is 11.6 Å². The Hall–Kier alpha value is -2.71. The maximum Gasteiger partial charge on any atom is 0.255 e. The van der Waals surface area contributed by atoms with Gasteiger partial charge >= 0.3 is 0 Å². The Balaban J connectivity index is 1.54. The Labute approximate surface area is 219 Å². The van der Waals surface area contributed by atoms with E-state index in [1.165, 1.54) is 33.6 Å². The van der Waals surface area contributed by atoms with Crippen molar-refractivity contribution in [3.8, 4) is 0 Å². The van der Waals surface area contributed by atoms with Crippen molar-refractivity contribution >= 4 is 27.5 Å². The number of halogens is 1. The first-order valence-electron chi connectivity index (χ1n) is 12.3. The molecule has 1 fully saturated rings. The average Bonchev–Trinajstić information content (AvgIpc) is 2.91. The molecular formula is C28H32ClN3O3S. The van der Waals surface area contributed by atoms with E-state index in [0.717, 1.165) is 0 Å². The second kappa shape index (κ2) is 11.6. The second-order valence-electron chi connectivity index (χ2n) is 8.78. The summed E-state index contributed by atoms with van der Waals surface area (Å²) in [6.07, 6.45) is 0. The Morgan fingerprint density at radius 1 is 0.861 bits per heavy atom. The zero-order valence-electron chi connectivity index (χ0n) is 20.7. The fourth-order valence-electron chi connectivity index (χ4n) is 4.78. The van der Waals surface area contributed by atoms with Gasteiger partial charge in [0, 0.05) is 39.3 Å². The second-order valence-corrected chi connectivity index (χ2v) is 11.1. The molecule has 0 unspecified atom stereocenters. The fraction of sp³-hybridized carbons (Fsp3) is 0.321. The van der Waals surface area contributed by atoms with E-state index >= 15 is 0 Å². The van der Waals surface area contributed by atoms with E-state index in [1.54, 1.807) is 18.7 Å². The van der Waals surface area contributed by atoms with Gasteiger partial charge in [-0.1, -0.05) is 86.1 Å². The molecule has 1 heterocycles. The van der Waals surface area contributed by atoms with Crippen LogP contribution in [0.2, 0.25) is 5.02 Å². The minimum atomic E-state index is -3.69. The molecular weight excluding hydrogens is 494 g/mol. The molecule has 0 aromatic heterocycles. The van der Waals surface area contributed by atoms with Gasteiger partial charge in [0.15, 0.2) is 0 Å². The predicted molar refractivity (Wildman–Crippen MR) is 144 cm³/mol. The lowest BCUT2D eigenvalue weighted by Gasteiger charge is -2.40. The van der Waals surface area contributed by atoms with Gasteiger partial charge in [-0.25, -0.2) is 8.42 Å². The molecule has 0 spiro atoms. The van der Waals surface area contributed by atoms with Gasteiger partial charge in [0.25, 0.3) is 5.91 Å². The van der Waals surface area contributed by atoms with E-state index in [-0.39, 0.29) is 27.4 Å². The first-order valence-corrected chi connectivity index (χ1v) is 14.1. The molecule has 0 radical (unpaired) electrons. The van der Waals surface area contributed by atoms with Crippen molar-refractivity contribution in [2.75, 3.05) is 39.3 Å². The molecule has 1 amide bonds. The summed E-state index contributed by atoms with van der Waals surface area (Å²) in [4.78, 5) is 17.7. The van der Waals surface area contributed by atoms with Gasteiger partial charge in [0.1, 0.15) is 0 Å². The number of hydrogen-bond donors (Lipinski definition) is 0. The van der Waals surface area contributed by atoms with Gasteiger partial charge in [0.05, 0.1) is 21.5 Å². The molecule has 3 aromatic carbocycles. The molecule has 6 nitrogen and oxygen atoms in total. The molecule has 0 bridgehead atoms. The highest BCUT2D eigenvalue weighted by Gasteiger charge is 2.30. The summed E-state index contributed by atoms with van der Waals surface area (Å²) in [7, 11) is -3.69. The van der Waals surface area contributed by atoms with Gasteiger partial charge < -0.3 is 4.90 Å². The average molecular weight is 526 g/mol. The molecule has 1 aliphatic rings. The molecule has 36 heavy (non-hydrogen) atoms. The highest BCUT2D eigenvalue weighted by molar-refractivity contribution is 7.89. The summed E-state index contributed by atoms with van der Waals surface area (Å²) >= 11 is 6.38. The number of carbonyl (C=O) groups excluding carboxylic acids is 1. The zero-order valence-corrected chi connectivity index (χ0v) is 22.3. The maximum atomic E-state index is 13.4. The minimum Gasteiger partial charge on any atom is -0.336 e. The van der Waals surface area contributed by atoms with Crippen LogP contribution in [0.5, 0.6) is 0 Å². The van der Waals surface area contributed by atoms with E-state index in [0.29, 0.717) is 39.3 Å². The SMILES string of the molecule is CCN(CC)S(=O)(=O)c1ccc(Cl)c(C(=O)N2CCN(C(c3ccccc3)c3ccccc3)CC2)c1. The van der Waals surface area contributed by atoms with Gasteiger partial charge in [-0.3, -0.25) is 9.69 Å². The molecule has 190 valence electrons. The van der Waals surface area contributed by atoms with Crippen molar-refractivity contribution in [2.24, 2.45) is 0 Å². The Morgan fingerprint density at radius 2 is 1.39 bits per heavy atom. The third-order valence-electron chi connectivity index (χ3n) is 6.71. The van der Waals surface area contributed by atoms with E-state index < -0.39 is 10.0 Å². The van der Waals surface area contributed by atoms with Gasteiger partial charge in [-0.15, -0.1) is 0 Å². The lowest BCUT2D eigenvalue weighted by molar-refractivity contribution is 0.0597. The summed E-state index contributed by atoms with van der Waals surface area (Å²) in [5.41, 5.74) is 2.64. The summed E-state index contributed by atoms with van der Waals surface area (Å²) in [5.74, 6) is -0.243. The van der Waals surface area contributed by atoms with Crippen LogP contribution in [-0.2, 0) is 10.0 Å². The van der Waals surface area contributed by atoms with Gasteiger partial charge in [-0.05, 0) is 29.3 Å². The molecule has 8 heteroatoms. The predicted octanol–water partition coefficient (Wildman–Crippen LogP) is 4.92. The molecule has 4 rings (SSSR count). The number of hydrogen-bond acceptors (Lipinski definition) is 4. The van der Waals surface area contributed by atoms with Crippen molar-refractivity contribution < 1.29 is 13.2 Å². The minimum absolute atomic E-state index is 0.0887. The van der Waals surface area contributed by atoms with Crippen LogP contribution in [0, 0.1) is 0 Å². The third-order valence-corrected chi connectivity index (χ3v) is 9.08. The molecule has 0 atom stereocenters. The summed E-state index contributed by atoms with van der Waals surface area (Å²) in [6.45, 7) is 6.73. The number of nitrogens with zero attached hydrogens (tertiary/aromatic N) is 3. The van der Waals surface area contributed by atoms with Crippen LogP contribution in [0.3, 0.4) is 0 Å². The fourth-order valence-corrected chi connectivity index (χ4v) is 6.46. The van der Waals surface area contributed by atoms with E-state index in [2.05, 4.69) is 29.2 Å². The van der Waals surface area contributed by atoms with E-state index in [1.807, 2.05) is 36.4 Å². The number of piperazine rings is 1. The quantitative estimate of drug-likeness (QED) is 0.419. The van der Waals surface area contributed by atoms with Crippen LogP contribution in [-0.4, -0.2) is 67.7 Å². The Morgan fingerprint density at radius 3 is 1.89 bits per heavy atom. The first-order chi connectivity index (χ1) is 17.4. The highest BCUT2D eigenvalue weighted by atomic mass is 35.5. The van der Waals surface area contributed by atoms with Gasteiger partial charge in [-0.2, -0.15) is 4.31 Å². The summed E-state index contributed by atoms with van der Waals surface area (Å²) in [5, 5.41) is 0.257. The van der Waals surface area contributed by atoms with Gasteiger partial charge in [0.2, 0.25) is 10.0 Å². The van der Waals surface area contributed by atoms with Crippen molar-refractivity contribution in [1.82, 2.24) is 14.1 Å². The number of rotatable bonds is 8. The first kappa shape index (κ1) is 26.4. The van der Waals surface area contributed by atoms with Crippen LogP contribution in [0.25, 0.3) is 0 Å². The number of carbonyl (C=O) groups is 1. The molecule has 3 aromatic rings. The third kappa shape index (κ3) is 5.49. The molecule has 0 saturated carbocycles. The molecule has 1 saturated heterocycles. The van der Waals surface area contributed by atoms with Crippen molar-refractivity contribution in [3.63, 3.8) is 0 Å². The summed E-state index contributed by atoms with van der Waals surface area (Å²) in [6, 6.07) is 25.2. The summed E-state index contributed by atoms with van der Waals surface area (Å²) < 4.78 is 27.4. The Kier molecular flexibility index (Phi) is 8.46. The van der Waals surface area contributed by atoms with E-state index in [9.17, 15) is 13.2 Å². The topological polar surface area (TPSA) is 60.9 Å².